The lowest BCUT2D eigenvalue weighted by Crippen LogP contribution is -2.01. The highest BCUT2D eigenvalue weighted by Gasteiger charge is 2.07. The first-order valence-corrected chi connectivity index (χ1v) is 6.48. The lowest BCUT2D eigenvalue weighted by Gasteiger charge is -2.11. The van der Waals surface area contributed by atoms with Crippen LogP contribution in [-0.2, 0) is 6.42 Å². The molecule has 1 atom stereocenters. The van der Waals surface area contributed by atoms with Crippen LogP contribution in [-0.4, -0.2) is 11.7 Å². The number of aliphatic hydroxyl groups is 1. The van der Waals surface area contributed by atoms with Crippen LogP contribution in [0.15, 0.2) is 60.7 Å². The first kappa shape index (κ1) is 13.5. The summed E-state index contributed by atoms with van der Waals surface area (Å²) in [7, 11) is 0. The first-order chi connectivity index (χ1) is 9.29. The number of aliphatic hydroxyl groups excluding tert-OH is 1. The molecule has 0 aliphatic rings. The average molecular weight is 253 g/mol. The lowest BCUT2D eigenvalue weighted by atomic mass is 10.0. The van der Waals surface area contributed by atoms with Crippen molar-refractivity contribution in [3.05, 3.63) is 77.4 Å². The second kappa shape index (κ2) is 6.88. The van der Waals surface area contributed by atoms with Crippen LogP contribution in [0.2, 0.25) is 0 Å². The predicted molar refractivity (Wildman–Crippen MR) is 79.6 cm³/mol. The van der Waals surface area contributed by atoms with Crippen molar-refractivity contribution in [2.45, 2.75) is 12.5 Å². The van der Waals surface area contributed by atoms with Crippen LogP contribution in [0.1, 0.15) is 22.8 Å². The van der Waals surface area contributed by atoms with Gasteiger partial charge in [0, 0.05) is 13.0 Å². The van der Waals surface area contributed by atoms with Crippen molar-refractivity contribution in [1.29, 1.82) is 0 Å². The minimum absolute atomic E-state index is 0.463. The largest absolute Gasteiger partial charge is 0.388 e. The summed E-state index contributed by atoms with van der Waals surface area (Å²) in [5, 5.41) is 10.2. The Hall–Kier alpha value is -1.90. The molecule has 2 rings (SSSR count). The molecule has 0 heterocycles. The van der Waals surface area contributed by atoms with Crippen molar-refractivity contribution in [3.63, 3.8) is 0 Å². The summed E-state index contributed by atoms with van der Waals surface area (Å²) in [4.78, 5) is 0. The van der Waals surface area contributed by atoms with Crippen molar-refractivity contribution < 1.29 is 5.11 Å². The fourth-order valence-corrected chi connectivity index (χ4v) is 1.99. The molecule has 0 saturated carbocycles. The summed E-state index contributed by atoms with van der Waals surface area (Å²) >= 11 is 0. The maximum absolute atomic E-state index is 10.2. The molecule has 0 bridgehead atoms. The van der Waals surface area contributed by atoms with Gasteiger partial charge in [-0.15, -0.1) is 0 Å². The van der Waals surface area contributed by atoms with Gasteiger partial charge >= 0.3 is 0 Å². The summed E-state index contributed by atoms with van der Waals surface area (Å²) in [6.45, 7) is 0.540. The molecule has 98 valence electrons. The second-order valence-electron chi connectivity index (χ2n) is 4.51. The van der Waals surface area contributed by atoms with Crippen LogP contribution in [0.3, 0.4) is 0 Å². The number of rotatable bonds is 5. The van der Waals surface area contributed by atoms with E-state index >= 15 is 0 Å². The third kappa shape index (κ3) is 4.05. The van der Waals surface area contributed by atoms with Gasteiger partial charge in [-0.25, -0.2) is 0 Å². The zero-order valence-corrected chi connectivity index (χ0v) is 10.9. The molecule has 2 heteroatoms. The van der Waals surface area contributed by atoms with E-state index in [-0.39, 0.29) is 0 Å². The molecular weight excluding hydrogens is 234 g/mol. The minimum Gasteiger partial charge on any atom is -0.388 e. The van der Waals surface area contributed by atoms with Gasteiger partial charge in [0.2, 0.25) is 0 Å². The van der Waals surface area contributed by atoms with E-state index in [2.05, 4.69) is 0 Å². The molecule has 2 aromatic rings. The summed E-state index contributed by atoms with van der Waals surface area (Å²) in [5.41, 5.74) is 8.59. The molecule has 0 fully saturated rings. The highest BCUT2D eigenvalue weighted by atomic mass is 16.3. The molecule has 0 aliphatic heterocycles. The Kier molecular flexibility index (Phi) is 4.90. The topological polar surface area (TPSA) is 46.2 Å². The lowest BCUT2D eigenvalue weighted by molar-refractivity contribution is 0.178. The third-order valence-corrected chi connectivity index (χ3v) is 3.04. The monoisotopic (exact) mass is 253 g/mol. The number of benzene rings is 2. The van der Waals surface area contributed by atoms with E-state index in [1.165, 1.54) is 0 Å². The molecule has 0 aliphatic carbocycles. The van der Waals surface area contributed by atoms with E-state index in [1.54, 1.807) is 0 Å². The van der Waals surface area contributed by atoms with Gasteiger partial charge in [-0.2, -0.15) is 0 Å². The zero-order valence-electron chi connectivity index (χ0n) is 10.9. The van der Waals surface area contributed by atoms with Crippen LogP contribution in [0.25, 0.3) is 6.08 Å². The molecule has 0 aromatic heterocycles. The van der Waals surface area contributed by atoms with Gasteiger partial charge in [-0.1, -0.05) is 66.7 Å². The van der Waals surface area contributed by atoms with E-state index in [1.807, 2.05) is 66.7 Å². The highest BCUT2D eigenvalue weighted by Crippen LogP contribution is 2.19. The van der Waals surface area contributed by atoms with Crippen LogP contribution in [0.5, 0.6) is 0 Å². The summed E-state index contributed by atoms with van der Waals surface area (Å²) in [6, 6.07) is 17.9. The minimum atomic E-state index is -0.463. The molecule has 3 N–H and O–H groups in total. The quantitative estimate of drug-likeness (QED) is 0.860. The zero-order chi connectivity index (χ0) is 13.5. The first-order valence-electron chi connectivity index (χ1n) is 6.48. The Morgan fingerprint density at radius 2 is 1.68 bits per heavy atom. The van der Waals surface area contributed by atoms with Gasteiger partial charge < -0.3 is 10.8 Å². The number of nitrogens with two attached hydrogens (primary N) is 1. The van der Waals surface area contributed by atoms with E-state index in [9.17, 15) is 5.11 Å². The van der Waals surface area contributed by atoms with Crippen molar-refractivity contribution in [2.24, 2.45) is 5.73 Å². The average Bonchev–Trinajstić information content (AvgIpc) is 2.46. The standard InChI is InChI=1S/C17H19NO/c18-12-4-7-14-8-10-16(11-9-14)17(19)13-15-5-2-1-3-6-15/h1-11,17,19H,12-13,18H2/b7-4+. The van der Waals surface area contributed by atoms with E-state index in [0.29, 0.717) is 13.0 Å². The Morgan fingerprint density at radius 3 is 2.32 bits per heavy atom. The predicted octanol–water partition coefficient (Wildman–Crippen LogP) is 2.93. The van der Waals surface area contributed by atoms with Gasteiger partial charge in [0.05, 0.1) is 6.10 Å². The van der Waals surface area contributed by atoms with E-state index in [4.69, 9.17) is 5.73 Å². The molecule has 19 heavy (non-hydrogen) atoms. The third-order valence-electron chi connectivity index (χ3n) is 3.04. The van der Waals surface area contributed by atoms with Crippen LogP contribution < -0.4 is 5.73 Å². The van der Waals surface area contributed by atoms with Gasteiger partial charge in [-0.3, -0.25) is 0 Å². The molecular formula is C17H19NO. The smallest absolute Gasteiger partial charge is 0.0830 e. The van der Waals surface area contributed by atoms with Crippen molar-refractivity contribution in [3.8, 4) is 0 Å². The molecule has 0 radical (unpaired) electrons. The molecule has 2 aromatic carbocycles. The van der Waals surface area contributed by atoms with Crippen LogP contribution in [0.4, 0.5) is 0 Å². The van der Waals surface area contributed by atoms with Crippen molar-refractivity contribution in [2.75, 3.05) is 6.54 Å². The van der Waals surface area contributed by atoms with Gasteiger partial charge in [0.15, 0.2) is 0 Å². The Morgan fingerprint density at radius 1 is 1.00 bits per heavy atom. The van der Waals surface area contributed by atoms with E-state index in [0.717, 1.165) is 16.7 Å². The van der Waals surface area contributed by atoms with Gasteiger partial charge in [0.1, 0.15) is 0 Å². The summed E-state index contributed by atoms with van der Waals surface area (Å²) in [5.74, 6) is 0. The maximum Gasteiger partial charge on any atom is 0.0830 e. The normalized spacial score (nSPS) is 12.7. The fourth-order valence-electron chi connectivity index (χ4n) is 1.99. The number of hydrogen-bond donors (Lipinski definition) is 2. The SMILES string of the molecule is NC/C=C/c1ccc(C(O)Cc2ccccc2)cc1. The Bertz CT molecular complexity index is 517. The molecule has 0 spiro atoms. The van der Waals surface area contributed by atoms with Gasteiger partial charge in [0.25, 0.3) is 0 Å². The van der Waals surface area contributed by atoms with Gasteiger partial charge in [-0.05, 0) is 16.7 Å². The van der Waals surface area contributed by atoms with E-state index < -0.39 is 6.10 Å². The summed E-state index contributed by atoms with van der Waals surface area (Å²) < 4.78 is 0. The number of hydrogen-bond acceptors (Lipinski definition) is 2. The molecule has 0 amide bonds. The highest BCUT2D eigenvalue weighted by molar-refractivity contribution is 5.50. The van der Waals surface area contributed by atoms with Crippen molar-refractivity contribution >= 4 is 6.08 Å². The van der Waals surface area contributed by atoms with Crippen molar-refractivity contribution in [1.82, 2.24) is 0 Å². The Labute approximate surface area is 114 Å². The van der Waals surface area contributed by atoms with Crippen LogP contribution in [0, 0.1) is 0 Å². The summed E-state index contributed by atoms with van der Waals surface area (Å²) in [6.07, 6.45) is 4.07. The molecule has 2 nitrogen and oxygen atoms in total. The maximum atomic E-state index is 10.2. The molecule has 0 saturated heterocycles. The fraction of sp³-hybridized carbons (Fsp3) is 0.176. The van der Waals surface area contributed by atoms with Crippen LogP contribution >= 0.6 is 0 Å². The molecule has 1 unspecified atom stereocenters. The Balaban J connectivity index is 2.03. The second-order valence-corrected chi connectivity index (χ2v) is 4.51.